The molecule has 0 N–H and O–H groups in total. The molecule has 0 bridgehead atoms. The molecular weight excluding hydrogens is 499 g/mol. The van der Waals surface area contributed by atoms with Crippen LogP contribution >= 0.6 is 43.5 Å². The summed E-state index contributed by atoms with van der Waals surface area (Å²) in [5.74, 6) is -0.633. The second-order valence-corrected chi connectivity index (χ2v) is 7.62. The average Bonchev–Trinajstić information content (AvgIpc) is 2.65. The van der Waals surface area contributed by atoms with E-state index in [9.17, 15) is 9.59 Å². The summed E-state index contributed by atoms with van der Waals surface area (Å²) in [6.45, 7) is 0. The Hall–Kier alpha value is -2.15. The summed E-state index contributed by atoms with van der Waals surface area (Å²) in [6.07, 6.45) is 0. The predicted octanol–water partition coefficient (Wildman–Crippen LogP) is 6.30. The Balaban J connectivity index is 1.69. The van der Waals surface area contributed by atoms with E-state index >= 15 is 0 Å². The standard InChI is InChI=1S/C20H11Br2ClO4/c21-14-5-1-12(2-6-14)19(24)26-16-9-10-18(17(23)11-16)27-20(25)13-3-7-15(22)8-4-13/h1-11H. The summed E-state index contributed by atoms with van der Waals surface area (Å²) in [7, 11) is 0. The monoisotopic (exact) mass is 508 g/mol. The van der Waals surface area contributed by atoms with Crippen molar-refractivity contribution in [3.05, 3.63) is 91.8 Å². The number of carbonyl (C=O) groups excluding carboxylic acids is 2. The molecule has 0 aliphatic heterocycles. The third kappa shape index (κ3) is 5.19. The second kappa shape index (κ2) is 8.69. The Labute approximate surface area is 177 Å². The van der Waals surface area contributed by atoms with E-state index in [1.165, 1.54) is 18.2 Å². The summed E-state index contributed by atoms with van der Waals surface area (Å²) in [4.78, 5) is 24.3. The molecule has 7 heteroatoms. The largest absolute Gasteiger partial charge is 0.423 e. The Morgan fingerprint density at radius 1 is 0.704 bits per heavy atom. The van der Waals surface area contributed by atoms with Gasteiger partial charge in [0.2, 0.25) is 0 Å². The van der Waals surface area contributed by atoms with Crippen LogP contribution in [0.15, 0.2) is 75.7 Å². The van der Waals surface area contributed by atoms with Crippen molar-refractivity contribution in [2.45, 2.75) is 0 Å². The van der Waals surface area contributed by atoms with Crippen molar-refractivity contribution in [1.29, 1.82) is 0 Å². The number of halogens is 3. The fraction of sp³-hybridized carbons (Fsp3) is 0. The molecule has 4 nitrogen and oxygen atoms in total. The molecule has 0 atom stereocenters. The highest BCUT2D eigenvalue weighted by Gasteiger charge is 2.14. The van der Waals surface area contributed by atoms with Gasteiger partial charge in [-0.3, -0.25) is 0 Å². The zero-order valence-electron chi connectivity index (χ0n) is 13.6. The quantitative estimate of drug-likeness (QED) is 0.305. The summed E-state index contributed by atoms with van der Waals surface area (Å²) >= 11 is 12.8. The van der Waals surface area contributed by atoms with Crippen LogP contribution in [-0.4, -0.2) is 11.9 Å². The van der Waals surface area contributed by atoms with Crippen LogP contribution in [-0.2, 0) is 0 Å². The van der Waals surface area contributed by atoms with Crippen molar-refractivity contribution < 1.29 is 19.1 Å². The molecule has 3 aromatic carbocycles. The predicted molar refractivity (Wildman–Crippen MR) is 110 cm³/mol. The van der Waals surface area contributed by atoms with Gasteiger partial charge in [-0.25, -0.2) is 9.59 Å². The van der Waals surface area contributed by atoms with Crippen molar-refractivity contribution in [3.8, 4) is 11.5 Å². The number of carbonyl (C=O) groups is 2. The molecule has 0 amide bonds. The first-order chi connectivity index (χ1) is 12.9. The average molecular weight is 511 g/mol. The minimum atomic E-state index is -0.538. The molecular formula is C20H11Br2ClO4. The number of hydrogen-bond acceptors (Lipinski definition) is 4. The maximum absolute atomic E-state index is 12.2. The van der Waals surface area contributed by atoms with E-state index in [2.05, 4.69) is 31.9 Å². The van der Waals surface area contributed by atoms with E-state index in [1.807, 2.05) is 0 Å². The molecule has 3 aromatic rings. The third-order valence-corrected chi connectivity index (χ3v) is 4.83. The molecule has 0 unspecified atom stereocenters. The highest BCUT2D eigenvalue weighted by atomic mass is 79.9. The number of hydrogen-bond donors (Lipinski definition) is 0. The van der Waals surface area contributed by atoms with E-state index in [1.54, 1.807) is 48.5 Å². The van der Waals surface area contributed by atoms with Gasteiger partial charge in [0.15, 0.2) is 0 Å². The summed E-state index contributed by atoms with van der Waals surface area (Å²) < 4.78 is 12.3. The smallest absolute Gasteiger partial charge is 0.343 e. The van der Waals surface area contributed by atoms with Crippen LogP contribution < -0.4 is 9.47 Å². The lowest BCUT2D eigenvalue weighted by molar-refractivity contribution is 0.0719. The van der Waals surface area contributed by atoms with Crippen molar-refractivity contribution in [2.24, 2.45) is 0 Å². The van der Waals surface area contributed by atoms with Crippen molar-refractivity contribution in [2.75, 3.05) is 0 Å². The molecule has 3 rings (SSSR count). The topological polar surface area (TPSA) is 52.6 Å². The first kappa shape index (κ1) is 19.6. The minimum absolute atomic E-state index is 0.154. The fourth-order valence-electron chi connectivity index (χ4n) is 2.12. The van der Waals surface area contributed by atoms with Gasteiger partial charge in [-0.2, -0.15) is 0 Å². The fourth-order valence-corrected chi connectivity index (χ4v) is 2.86. The van der Waals surface area contributed by atoms with Crippen molar-refractivity contribution >= 4 is 55.4 Å². The van der Waals surface area contributed by atoms with E-state index in [0.29, 0.717) is 11.1 Å². The number of esters is 2. The molecule has 0 aromatic heterocycles. The van der Waals surface area contributed by atoms with Gasteiger partial charge in [0.05, 0.1) is 16.1 Å². The van der Waals surface area contributed by atoms with Gasteiger partial charge < -0.3 is 9.47 Å². The molecule has 0 fully saturated rings. The molecule has 27 heavy (non-hydrogen) atoms. The normalized spacial score (nSPS) is 10.3. The molecule has 0 radical (unpaired) electrons. The van der Waals surface area contributed by atoms with E-state index < -0.39 is 11.9 Å². The van der Waals surface area contributed by atoms with Gasteiger partial charge in [-0.15, -0.1) is 0 Å². The highest BCUT2D eigenvalue weighted by Crippen LogP contribution is 2.30. The van der Waals surface area contributed by atoms with E-state index in [-0.39, 0.29) is 16.5 Å². The molecule has 0 saturated carbocycles. The SMILES string of the molecule is O=C(Oc1ccc(OC(=O)c2ccc(Br)cc2)c(Cl)c1)c1ccc(Br)cc1. The van der Waals surface area contributed by atoms with Gasteiger partial charge in [-0.1, -0.05) is 43.5 Å². The maximum Gasteiger partial charge on any atom is 0.343 e. The van der Waals surface area contributed by atoms with Crippen LogP contribution in [0.25, 0.3) is 0 Å². The zero-order valence-corrected chi connectivity index (χ0v) is 17.5. The zero-order chi connectivity index (χ0) is 19.4. The van der Waals surface area contributed by atoms with Gasteiger partial charge in [-0.05, 0) is 60.7 Å². The molecule has 0 aliphatic rings. The van der Waals surface area contributed by atoms with Crippen LogP contribution in [0.5, 0.6) is 11.5 Å². The lowest BCUT2D eigenvalue weighted by Gasteiger charge is -2.09. The lowest BCUT2D eigenvalue weighted by Crippen LogP contribution is -2.10. The van der Waals surface area contributed by atoms with Crippen LogP contribution in [0.3, 0.4) is 0 Å². The van der Waals surface area contributed by atoms with Crippen LogP contribution in [0.2, 0.25) is 5.02 Å². The lowest BCUT2D eigenvalue weighted by atomic mass is 10.2. The summed E-state index contributed by atoms with van der Waals surface area (Å²) in [5, 5.41) is 0.154. The van der Waals surface area contributed by atoms with Crippen molar-refractivity contribution in [1.82, 2.24) is 0 Å². The van der Waals surface area contributed by atoms with E-state index in [0.717, 1.165) is 8.95 Å². The first-order valence-electron chi connectivity index (χ1n) is 7.67. The van der Waals surface area contributed by atoms with Crippen LogP contribution in [0, 0.1) is 0 Å². The van der Waals surface area contributed by atoms with E-state index in [4.69, 9.17) is 21.1 Å². The number of ether oxygens (including phenoxy) is 2. The molecule has 0 heterocycles. The molecule has 0 aliphatic carbocycles. The van der Waals surface area contributed by atoms with Crippen LogP contribution in [0.1, 0.15) is 20.7 Å². The Kier molecular flexibility index (Phi) is 6.31. The number of rotatable bonds is 4. The Bertz CT molecular complexity index is 986. The van der Waals surface area contributed by atoms with Gasteiger partial charge in [0.1, 0.15) is 11.5 Å². The molecule has 0 saturated heterocycles. The Morgan fingerprint density at radius 3 is 1.67 bits per heavy atom. The number of benzene rings is 3. The highest BCUT2D eigenvalue weighted by molar-refractivity contribution is 9.10. The molecule has 0 spiro atoms. The van der Waals surface area contributed by atoms with Crippen molar-refractivity contribution in [3.63, 3.8) is 0 Å². The first-order valence-corrected chi connectivity index (χ1v) is 9.64. The Morgan fingerprint density at radius 2 is 1.19 bits per heavy atom. The van der Waals surface area contributed by atoms with Gasteiger partial charge in [0, 0.05) is 15.0 Å². The second-order valence-electron chi connectivity index (χ2n) is 5.39. The summed E-state index contributed by atoms with van der Waals surface area (Å²) in [6, 6.07) is 17.9. The maximum atomic E-state index is 12.2. The molecule has 136 valence electrons. The third-order valence-electron chi connectivity index (χ3n) is 3.48. The van der Waals surface area contributed by atoms with Gasteiger partial charge >= 0.3 is 11.9 Å². The minimum Gasteiger partial charge on any atom is -0.423 e. The van der Waals surface area contributed by atoms with Gasteiger partial charge in [0.25, 0.3) is 0 Å². The summed E-state index contributed by atoms with van der Waals surface area (Å²) in [5.41, 5.74) is 0.792. The van der Waals surface area contributed by atoms with Crippen LogP contribution in [0.4, 0.5) is 0 Å².